The third-order valence-corrected chi connectivity index (χ3v) is 3.72. The Morgan fingerprint density at radius 3 is 2.71 bits per heavy atom. The van der Waals surface area contributed by atoms with Gasteiger partial charge in [-0.05, 0) is 16.5 Å². The van der Waals surface area contributed by atoms with E-state index in [1.807, 2.05) is 0 Å². The molecule has 0 saturated heterocycles. The number of hydrogen-bond donors (Lipinski definition) is 1. The standard InChI is InChI=1S/C11H9F3N6O3S/c1-19-10(16-17-18-19)24-5-9(21)15-8-3-2-6(20(22)23)4-7(8)11(12,13)14/h2-4H,5H2,1H3,(H,15,21). The lowest BCUT2D eigenvalue weighted by Gasteiger charge is -2.13. The van der Waals surface area contributed by atoms with Gasteiger partial charge in [-0.1, -0.05) is 11.8 Å². The van der Waals surface area contributed by atoms with E-state index in [0.29, 0.717) is 11.2 Å². The number of carbonyl (C=O) groups excluding carboxylic acids is 1. The van der Waals surface area contributed by atoms with E-state index in [2.05, 4.69) is 20.8 Å². The van der Waals surface area contributed by atoms with Crippen molar-refractivity contribution in [1.82, 2.24) is 20.2 Å². The number of rotatable bonds is 5. The molecule has 1 amide bonds. The zero-order chi connectivity index (χ0) is 17.9. The molecular formula is C11H9F3N6O3S. The first-order valence-electron chi connectivity index (χ1n) is 6.19. The van der Waals surface area contributed by atoms with Crippen molar-refractivity contribution in [2.24, 2.45) is 7.05 Å². The average Bonchev–Trinajstić information content (AvgIpc) is 2.89. The molecule has 0 aliphatic rings. The molecule has 1 N–H and O–H groups in total. The minimum Gasteiger partial charge on any atom is -0.325 e. The number of aryl methyl sites for hydroxylation is 1. The van der Waals surface area contributed by atoms with Crippen molar-refractivity contribution in [3.63, 3.8) is 0 Å². The number of halogens is 3. The van der Waals surface area contributed by atoms with Gasteiger partial charge >= 0.3 is 6.18 Å². The first-order valence-corrected chi connectivity index (χ1v) is 7.17. The van der Waals surface area contributed by atoms with Crippen molar-refractivity contribution in [3.05, 3.63) is 33.9 Å². The van der Waals surface area contributed by atoms with Crippen LogP contribution in [0.15, 0.2) is 23.4 Å². The molecular weight excluding hydrogens is 353 g/mol. The van der Waals surface area contributed by atoms with Gasteiger partial charge in [-0.15, -0.1) is 5.10 Å². The summed E-state index contributed by atoms with van der Waals surface area (Å²) in [7, 11) is 1.54. The van der Waals surface area contributed by atoms with Crippen LogP contribution in [-0.4, -0.2) is 36.8 Å². The molecule has 0 aliphatic carbocycles. The fourth-order valence-corrected chi connectivity index (χ4v) is 2.30. The van der Waals surface area contributed by atoms with E-state index in [9.17, 15) is 28.1 Å². The summed E-state index contributed by atoms with van der Waals surface area (Å²) in [5.41, 5.74) is -2.58. The van der Waals surface area contributed by atoms with Crippen LogP contribution in [0.2, 0.25) is 0 Å². The molecule has 128 valence electrons. The lowest BCUT2D eigenvalue weighted by Crippen LogP contribution is -2.18. The summed E-state index contributed by atoms with van der Waals surface area (Å²) in [6.45, 7) is 0. The number of non-ortho nitro benzene ring substituents is 1. The highest BCUT2D eigenvalue weighted by atomic mass is 32.2. The molecule has 1 aromatic heterocycles. The summed E-state index contributed by atoms with van der Waals surface area (Å²) >= 11 is 0.928. The zero-order valence-electron chi connectivity index (χ0n) is 11.9. The Bertz CT molecular complexity index is 779. The molecule has 13 heteroatoms. The van der Waals surface area contributed by atoms with Gasteiger partial charge in [0.15, 0.2) is 0 Å². The van der Waals surface area contributed by atoms with Crippen molar-refractivity contribution >= 4 is 29.0 Å². The van der Waals surface area contributed by atoms with Crippen LogP contribution in [-0.2, 0) is 18.0 Å². The smallest absolute Gasteiger partial charge is 0.325 e. The van der Waals surface area contributed by atoms with Crippen LogP contribution < -0.4 is 5.32 Å². The van der Waals surface area contributed by atoms with E-state index in [4.69, 9.17) is 0 Å². The van der Waals surface area contributed by atoms with E-state index in [0.717, 1.165) is 23.9 Å². The second kappa shape index (κ2) is 6.82. The van der Waals surface area contributed by atoms with Gasteiger partial charge in [0.1, 0.15) is 0 Å². The zero-order valence-corrected chi connectivity index (χ0v) is 12.8. The highest BCUT2D eigenvalue weighted by Crippen LogP contribution is 2.37. The van der Waals surface area contributed by atoms with Crippen LogP contribution in [0.25, 0.3) is 0 Å². The first kappa shape index (κ1) is 17.7. The van der Waals surface area contributed by atoms with Crippen LogP contribution in [0.4, 0.5) is 24.5 Å². The van der Waals surface area contributed by atoms with E-state index in [1.54, 1.807) is 7.05 Å². The Labute approximate surface area is 136 Å². The van der Waals surface area contributed by atoms with Crippen molar-refractivity contribution in [2.75, 3.05) is 11.1 Å². The molecule has 0 atom stereocenters. The van der Waals surface area contributed by atoms with Gasteiger partial charge in [0.25, 0.3) is 5.69 Å². The van der Waals surface area contributed by atoms with Crippen molar-refractivity contribution in [3.8, 4) is 0 Å². The summed E-state index contributed by atoms with van der Waals surface area (Å²) in [5, 5.41) is 23.5. The molecule has 0 unspecified atom stereocenters. The van der Waals surface area contributed by atoms with E-state index >= 15 is 0 Å². The maximum absolute atomic E-state index is 13.0. The lowest BCUT2D eigenvalue weighted by molar-refractivity contribution is -0.385. The van der Waals surface area contributed by atoms with Crippen LogP contribution in [0.1, 0.15) is 5.56 Å². The summed E-state index contributed by atoms with van der Waals surface area (Å²) in [6.07, 6.45) is -4.85. The van der Waals surface area contributed by atoms with Gasteiger partial charge in [0.05, 0.1) is 21.9 Å². The second-order valence-electron chi connectivity index (χ2n) is 4.41. The third kappa shape index (κ3) is 4.18. The number of nitro groups is 1. The van der Waals surface area contributed by atoms with Gasteiger partial charge < -0.3 is 5.32 Å². The van der Waals surface area contributed by atoms with Gasteiger partial charge in [-0.2, -0.15) is 13.2 Å². The number of amides is 1. The highest BCUT2D eigenvalue weighted by molar-refractivity contribution is 7.99. The van der Waals surface area contributed by atoms with Crippen LogP contribution in [0.5, 0.6) is 0 Å². The number of nitrogens with zero attached hydrogens (tertiary/aromatic N) is 5. The molecule has 9 nitrogen and oxygen atoms in total. The summed E-state index contributed by atoms with van der Waals surface area (Å²) in [5.74, 6) is -0.968. The topological polar surface area (TPSA) is 116 Å². The second-order valence-corrected chi connectivity index (χ2v) is 5.35. The number of tetrazole rings is 1. The predicted octanol–water partition coefficient (Wildman–Crippen LogP) is 1.87. The lowest BCUT2D eigenvalue weighted by atomic mass is 10.1. The molecule has 0 radical (unpaired) electrons. The average molecular weight is 362 g/mol. The minimum absolute atomic E-state index is 0.234. The first-order chi connectivity index (χ1) is 11.2. The molecule has 0 bridgehead atoms. The predicted molar refractivity (Wildman–Crippen MR) is 76.3 cm³/mol. The number of alkyl halides is 3. The molecule has 1 heterocycles. The van der Waals surface area contributed by atoms with Gasteiger partial charge in [-0.25, -0.2) is 4.68 Å². The van der Waals surface area contributed by atoms with Gasteiger partial charge in [-0.3, -0.25) is 14.9 Å². The maximum atomic E-state index is 13.0. The number of hydrogen-bond acceptors (Lipinski definition) is 7. The largest absolute Gasteiger partial charge is 0.418 e. The Morgan fingerprint density at radius 2 is 2.17 bits per heavy atom. The quantitative estimate of drug-likeness (QED) is 0.490. The Hall–Kier alpha value is -2.70. The van der Waals surface area contributed by atoms with Crippen LogP contribution in [0, 0.1) is 10.1 Å². The fraction of sp³-hybridized carbons (Fsp3) is 0.273. The molecule has 0 fully saturated rings. The third-order valence-electron chi connectivity index (χ3n) is 2.71. The molecule has 0 spiro atoms. The van der Waals surface area contributed by atoms with Crippen molar-refractivity contribution in [1.29, 1.82) is 0 Å². The van der Waals surface area contributed by atoms with E-state index < -0.39 is 33.9 Å². The Kier molecular flexibility index (Phi) is 5.02. The number of anilines is 1. The number of thioether (sulfide) groups is 1. The molecule has 0 saturated carbocycles. The Morgan fingerprint density at radius 1 is 1.46 bits per heavy atom. The molecule has 0 aliphatic heterocycles. The SMILES string of the molecule is Cn1nnnc1SCC(=O)Nc1ccc([N+](=O)[O-])cc1C(F)(F)F. The summed E-state index contributed by atoms with van der Waals surface area (Å²) in [6, 6.07) is 2.09. The number of carbonyl (C=O) groups is 1. The van der Waals surface area contributed by atoms with Crippen molar-refractivity contribution < 1.29 is 22.9 Å². The number of nitrogens with one attached hydrogen (secondary N) is 1. The van der Waals surface area contributed by atoms with Crippen molar-refractivity contribution in [2.45, 2.75) is 11.3 Å². The summed E-state index contributed by atoms with van der Waals surface area (Å²) < 4.78 is 40.3. The van der Waals surface area contributed by atoms with Gasteiger partial charge in [0, 0.05) is 19.2 Å². The summed E-state index contributed by atoms with van der Waals surface area (Å²) in [4.78, 5) is 21.5. The minimum atomic E-state index is -4.85. The molecule has 1 aromatic carbocycles. The Balaban J connectivity index is 2.14. The van der Waals surface area contributed by atoms with E-state index in [-0.39, 0.29) is 5.75 Å². The molecule has 2 aromatic rings. The number of nitro benzene ring substituents is 1. The normalized spacial score (nSPS) is 11.3. The fourth-order valence-electron chi connectivity index (χ4n) is 1.65. The van der Waals surface area contributed by atoms with Crippen LogP contribution >= 0.6 is 11.8 Å². The number of aromatic nitrogens is 4. The molecule has 2 rings (SSSR count). The highest BCUT2D eigenvalue weighted by Gasteiger charge is 2.35. The van der Waals surface area contributed by atoms with E-state index in [1.165, 1.54) is 4.68 Å². The molecule has 24 heavy (non-hydrogen) atoms. The number of benzene rings is 1. The monoisotopic (exact) mass is 362 g/mol. The maximum Gasteiger partial charge on any atom is 0.418 e. The van der Waals surface area contributed by atoms with Crippen LogP contribution in [0.3, 0.4) is 0 Å². The van der Waals surface area contributed by atoms with Gasteiger partial charge in [0.2, 0.25) is 11.1 Å².